The highest BCUT2D eigenvalue weighted by atomic mass is 19.4. The summed E-state index contributed by atoms with van der Waals surface area (Å²) in [6.07, 6.45) is -6.33. The molecule has 2 atom stereocenters. The summed E-state index contributed by atoms with van der Waals surface area (Å²) in [5, 5.41) is 1.78. The summed E-state index contributed by atoms with van der Waals surface area (Å²) < 4.78 is 96.7. The van der Waals surface area contributed by atoms with E-state index in [1.54, 1.807) is 12.2 Å². The molecule has 0 aliphatic carbocycles. The summed E-state index contributed by atoms with van der Waals surface area (Å²) >= 11 is 0. The third kappa shape index (κ3) is 4.93. The summed E-state index contributed by atoms with van der Waals surface area (Å²) in [6.45, 7) is 1.55. The normalized spacial score (nSPS) is 14.9. The van der Waals surface area contributed by atoms with Gasteiger partial charge in [-0.3, -0.25) is 4.79 Å². The van der Waals surface area contributed by atoms with E-state index in [-0.39, 0.29) is 18.6 Å². The van der Waals surface area contributed by atoms with Crippen LogP contribution in [-0.2, 0) is 9.53 Å². The van der Waals surface area contributed by atoms with Crippen molar-refractivity contribution < 1.29 is 45.1 Å². The van der Waals surface area contributed by atoms with Gasteiger partial charge in [-0.1, -0.05) is 32.0 Å². The van der Waals surface area contributed by atoms with Gasteiger partial charge in [-0.05, 0) is 18.6 Å². The van der Waals surface area contributed by atoms with Gasteiger partial charge in [0.15, 0.2) is 0 Å². The second-order valence-corrected chi connectivity index (χ2v) is 5.97. The first-order chi connectivity index (χ1) is 12.8. The van der Waals surface area contributed by atoms with Crippen molar-refractivity contribution >= 4 is 11.9 Å². The second kappa shape index (κ2) is 8.78. The van der Waals surface area contributed by atoms with Crippen molar-refractivity contribution in [2.75, 3.05) is 6.61 Å². The van der Waals surface area contributed by atoms with Crippen LogP contribution in [0.4, 0.5) is 30.7 Å². The molecule has 0 saturated heterocycles. The largest absolute Gasteiger partial charge is 0.464 e. The van der Waals surface area contributed by atoms with Gasteiger partial charge in [0, 0.05) is 5.56 Å². The zero-order chi connectivity index (χ0) is 21.8. The third-order valence-electron chi connectivity index (χ3n) is 3.87. The predicted molar refractivity (Wildman–Crippen MR) is 84.1 cm³/mol. The van der Waals surface area contributed by atoms with Gasteiger partial charge >= 0.3 is 24.0 Å². The van der Waals surface area contributed by atoms with Gasteiger partial charge in [0.2, 0.25) is 0 Å². The highest BCUT2D eigenvalue weighted by Crippen LogP contribution is 2.50. The van der Waals surface area contributed by atoms with Crippen LogP contribution in [0, 0.1) is 5.92 Å². The smallest absolute Gasteiger partial charge is 0.459 e. The average molecular weight is 417 g/mol. The molecular weight excluding hydrogens is 399 g/mol. The zero-order valence-corrected chi connectivity index (χ0v) is 14.8. The Morgan fingerprint density at radius 3 is 2.04 bits per heavy atom. The van der Waals surface area contributed by atoms with E-state index in [4.69, 9.17) is 0 Å². The van der Waals surface area contributed by atoms with E-state index in [1.807, 2.05) is 0 Å². The quantitative estimate of drug-likeness (QED) is 0.510. The summed E-state index contributed by atoms with van der Waals surface area (Å²) in [4.78, 5) is 24.2. The van der Waals surface area contributed by atoms with Crippen molar-refractivity contribution in [1.29, 1.82) is 0 Å². The second-order valence-electron chi connectivity index (χ2n) is 5.97. The monoisotopic (exact) mass is 417 g/mol. The van der Waals surface area contributed by atoms with Crippen LogP contribution in [0.25, 0.3) is 0 Å². The van der Waals surface area contributed by atoms with Crippen molar-refractivity contribution in [2.45, 2.75) is 44.3 Å². The number of benzene rings is 1. The van der Waals surface area contributed by atoms with Crippen LogP contribution >= 0.6 is 0 Å². The topological polar surface area (TPSA) is 55.4 Å². The Kier molecular flexibility index (Phi) is 7.44. The number of ether oxygens (including phenoxy) is 1. The van der Waals surface area contributed by atoms with Crippen LogP contribution in [0.15, 0.2) is 30.3 Å². The minimum absolute atomic E-state index is 0.117. The lowest BCUT2D eigenvalue weighted by atomic mass is 9.89. The van der Waals surface area contributed by atoms with E-state index in [0.29, 0.717) is 6.92 Å². The van der Waals surface area contributed by atoms with Crippen molar-refractivity contribution in [3.63, 3.8) is 0 Å². The van der Waals surface area contributed by atoms with Crippen LogP contribution in [0.1, 0.15) is 30.6 Å². The Labute approximate surface area is 156 Å². The maximum atomic E-state index is 14.0. The minimum atomic E-state index is -6.56. The first-order valence-corrected chi connectivity index (χ1v) is 8.12. The molecule has 158 valence electrons. The first-order valence-electron chi connectivity index (χ1n) is 8.12. The Morgan fingerprint density at radius 1 is 1.04 bits per heavy atom. The number of nitrogens with one attached hydrogen (secondary N) is 1. The molecule has 4 nitrogen and oxygen atoms in total. The van der Waals surface area contributed by atoms with E-state index in [1.165, 1.54) is 30.3 Å². The molecule has 0 spiro atoms. The van der Waals surface area contributed by atoms with Crippen LogP contribution in [-0.4, -0.2) is 42.5 Å². The van der Waals surface area contributed by atoms with Gasteiger partial charge in [-0.25, -0.2) is 4.79 Å². The summed E-state index contributed by atoms with van der Waals surface area (Å²) in [7, 11) is 0. The third-order valence-corrected chi connectivity index (χ3v) is 3.87. The zero-order valence-electron chi connectivity index (χ0n) is 14.8. The Hall–Kier alpha value is -2.33. The SMILES string of the molecule is CCCOC(=O)C(NC(=O)c1ccccc1)C(C)C(F)(F)C(F)(F)C(F)(F)F. The highest BCUT2D eigenvalue weighted by Gasteiger charge is 2.75. The Morgan fingerprint density at radius 2 is 1.57 bits per heavy atom. The van der Waals surface area contributed by atoms with E-state index >= 15 is 0 Å². The fraction of sp³-hybridized carbons (Fsp3) is 0.529. The molecule has 0 aromatic heterocycles. The van der Waals surface area contributed by atoms with E-state index in [2.05, 4.69) is 4.74 Å². The lowest BCUT2D eigenvalue weighted by Gasteiger charge is -2.35. The van der Waals surface area contributed by atoms with Crippen LogP contribution in [0.5, 0.6) is 0 Å². The summed E-state index contributed by atoms with van der Waals surface area (Å²) in [5.74, 6) is -17.7. The molecule has 0 radical (unpaired) electrons. The molecule has 1 N–H and O–H groups in total. The van der Waals surface area contributed by atoms with E-state index in [9.17, 15) is 40.3 Å². The molecule has 11 heteroatoms. The molecule has 28 heavy (non-hydrogen) atoms. The van der Waals surface area contributed by atoms with Gasteiger partial charge in [0.05, 0.1) is 12.5 Å². The van der Waals surface area contributed by atoms with Gasteiger partial charge in [-0.2, -0.15) is 30.7 Å². The summed E-state index contributed by atoms with van der Waals surface area (Å²) in [5.41, 5.74) is -0.117. The van der Waals surface area contributed by atoms with E-state index < -0.39 is 41.9 Å². The Balaban J connectivity index is 3.23. The van der Waals surface area contributed by atoms with E-state index in [0.717, 1.165) is 0 Å². The lowest BCUT2D eigenvalue weighted by molar-refractivity contribution is -0.365. The predicted octanol–water partition coefficient (Wildman–Crippen LogP) is 4.21. The fourth-order valence-electron chi connectivity index (χ4n) is 2.18. The van der Waals surface area contributed by atoms with Crippen LogP contribution in [0.3, 0.4) is 0 Å². The summed E-state index contributed by atoms with van der Waals surface area (Å²) in [6, 6.07) is 4.34. The number of carbonyl (C=O) groups excluding carboxylic acids is 2. The molecule has 1 amide bonds. The lowest BCUT2D eigenvalue weighted by Crippen LogP contribution is -2.61. The van der Waals surface area contributed by atoms with Crippen LogP contribution in [0.2, 0.25) is 0 Å². The van der Waals surface area contributed by atoms with Gasteiger partial charge in [-0.15, -0.1) is 0 Å². The van der Waals surface area contributed by atoms with Gasteiger partial charge in [0.25, 0.3) is 5.91 Å². The molecule has 0 bridgehead atoms. The van der Waals surface area contributed by atoms with Crippen LogP contribution < -0.4 is 5.32 Å². The minimum Gasteiger partial charge on any atom is -0.464 e. The number of alkyl halides is 7. The molecule has 2 unspecified atom stereocenters. The number of esters is 1. The molecule has 0 saturated carbocycles. The highest BCUT2D eigenvalue weighted by molar-refractivity contribution is 5.96. The molecule has 0 fully saturated rings. The average Bonchev–Trinajstić information content (AvgIpc) is 2.62. The molecular formula is C17H18F7NO3. The maximum absolute atomic E-state index is 14.0. The maximum Gasteiger partial charge on any atom is 0.459 e. The number of halogens is 7. The number of hydrogen-bond donors (Lipinski definition) is 1. The molecule has 0 aliphatic rings. The number of rotatable bonds is 8. The fourth-order valence-corrected chi connectivity index (χ4v) is 2.18. The molecule has 1 aromatic carbocycles. The van der Waals surface area contributed by atoms with Crippen molar-refractivity contribution in [3.05, 3.63) is 35.9 Å². The molecule has 0 aliphatic heterocycles. The van der Waals surface area contributed by atoms with Crippen molar-refractivity contribution in [1.82, 2.24) is 5.32 Å². The molecule has 0 heterocycles. The van der Waals surface area contributed by atoms with Gasteiger partial charge in [0.1, 0.15) is 6.04 Å². The number of amides is 1. The standard InChI is InChI=1S/C17H18F7NO3/c1-3-9-28-14(27)12(25-13(26)11-7-5-4-6-8-11)10(2)15(18,19)16(20,21)17(22,23)24/h4-8,10,12H,3,9H2,1-2H3,(H,25,26). The first kappa shape index (κ1) is 23.7. The Bertz CT molecular complexity index is 677. The number of hydrogen-bond acceptors (Lipinski definition) is 3. The van der Waals surface area contributed by atoms with Gasteiger partial charge < -0.3 is 10.1 Å². The number of carbonyl (C=O) groups is 2. The van der Waals surface area contributed by atoms with Crippen molar-refractivity contribution in [3.8, 4) is 0 Å². The van der Waals surface area contributed by atoms with Crippen molar-refractivity contribution in [2.24, 2.45) is 5.92 Å². The molecule has 1 rings (SSSR count). The molecule has 1 aromatic rings.